The van der Waals surface area contributed by atoms with Crippen LogP contribution in [0.15, 0.2) is 29.8 Å². The SMILES string of the molecule is Cl.O=C1C=C(c2ccnc3ccsc23)C(=O)N1. The summed E-state index contributed by atoms with van der Waals surface area (Å²) in [5.41, 5.74) is 2.03. The van der Waals surface area contributed by atoms with Gasteiger partial charge in [-0.25, -0.2) is 0 Å². The van der Waals surface area contributed by atoms with Crippen LogP contribution in [0.4, 0.5) is 0 Å². The monoisotopic (exact) mass is 266 g/mol. The molecule has 1 aliphatic heterocycles. The fourth-order valence-corrected chi connectivity index (χ4v) is 2.58. The first-order chi connectivity index (χ1) is 7.75. The van der Waals surface area contributed by atoms with Crippen LogP contribution in [0.1, 0.15) is 5.56 Å². The quantitative estimate of drug-likeness (QED) is 0.800. The fourth-order valence-electron chi connectivity index (χ4n) is 1.70. The first-order valence-corrected chi connectivity index (χ1v) is 5.53. The Balaban J connectivity index is 0.00000108. The van der Waals surface area contributed by atoms with E-state index in [1.807, 2.05) is 11.4 Å². The van der Waals surface area contributed by atoms with Crippen molar-refractivity contribution in [3.05, 3.63) is 35.3 Å². The molecule has 0 aromatic carbocycles. The van der Waals surface area contributed by atoms with E-state index < -0.39 is 0 Å². The molecule has 0 spiro atoms. The van der Waals surface area contributed by atoms with Gasteiger partial charge >= 0.3 is 0 Å². The first kappa shape index (κ1) is 11.8. The highest BCUT2D eigenvalue weighted by Crippen LogP contribution is 2.29. The molecule has 1 aliphatic rings. The number of aromatic nitrogens is 1. The molecule has 0 atom stereocenters. The van der Waals surface area contributed by atoms with E-state index in [1.54, 1.807) is 12.3 Å². The van der Waals surface area contributed by atoms with E-state index >= 15 is 0 Å². The lowest BCUT2D eigenvalue weighted by atomic mass is 10.1. The average Bonchev–Trinajstić information content (AvgIpc) is 2.84. The summed E-state index contributed by atoms with van der Waals surface area (Å²) in [6, 6.07) is 3.64. The van der Waals surface area contributed by atoms with Gasteiger partial charge in [0.25, 0.3) is 11.8 Å². The van der Waals surface area contributed by atoms with Crippen molar-refractivity contribution in [2.24, 2.45) is 0 Å². The molecule has 0 bridgehead atoms. The van der Waals surface area contributed by atoms with Crippen LogP contribution in [0.5, 0.6) is 0 Å². The van der Waals surface area contributed by atoms with Crippen LogP contribution < -0.4 is 5.32 Å². The molecule has 3 rings (SSSR count). The number of hydrogen-bond donors (Lipinski definition) is 1. The first-order valence-electron chi connectivity index (χ1n) is 4.65. The Labute approximate surface area is 107 Å². The predicted octanol–water partition coefficient (Wildman–Crippen LogP) is 1.76. The van der Waals surface area contributed by atoms with Crippen molar-refractivity contribution < 1.29 is 9.59 Å². The summed E-state index contributed by atoms with van der Waals surface area (Å²) in [5, 5.41) is 4.15. The van der Waals surface area contributed by atoms with Crippen LogP contribution in [0.3, 0.4) is 0 Å². The van der Waals surface area contributed by atoms with Crippen LogP contribution in [-0.4, -0.2) is 16.8 Å². The van der Waals surface area contributed by atoms with Crippen LogP contribution in [-0.2, 0) is 9.59 Å². The van der Waals surface area contributed by atoms with Gasteiger partial charge in [0.1, 0.15) is 0 Å². The summed E-state index contributed by atoms with van der Waals surface area (Å²) in [7, 11) is 0. The van der Waals surface area contributed by atoms with Crippen LogP contribution in [0.2, 0.25) is 0 Å². The van der Waals surface area contributed by atoms with Crippen molar-refractivity contribution in [2.75, 3.05) is 0 Å². The normalized spacial score (nSPS) is 14.5. The molecule has 1 N–H and O–H groups in total. The summed E-state index contributed by atoms with van der Waals surface area (Å²) >= 11 is 1.51. The largest absolute Gasteiger partial charge is 0.289 e. The van der Waals surface area contributed by atoms with Crippen molar-refractivity contribution >= 4 is 51.3 Å². The topological polar surface area (TPSA) is 59.1 Å². The van der Waals surface area contributed by atoms with Crippen molar-refractivity contribution in [3.8, 4) is 0 Å². The molecule has 6 heteroatoms. The van der Waals surface area contributed by atoms with Crippen molar-refractivity contribution in [2.45, 2.75) is 0 Å². The number of carbonyl (C=O) groups is 2. The second kappa shape index (κ2) is 4.27. The Morgan fingerprint density at radius 2 is 2.06 bits per heavy atom. The van der Waals surface area contributed by atoms with E-state index in [-0.39, 0.29) is 24.2 Å². The number of imide groups is 1. The van der Waals surface area contributed by atoms with Crippen molar-refractivity contribution in [1.29, 1.82) is 0 Å². The highest BCUT2D eigenvalue weighted by Gasteiger charge is 2.23. The Morgan fingerprint density at radius 1 is 1.24 bits per heavy atom. The minimum Gasteiger partial charge on any atom is -0.289 e. The molecule has 2 amide bonds. The lowest BCUT2D eigenvalue weighted by Gasteiger charge is -2.00. The molecule has 0 saturated heterocycles. The molecule has 0 fully saturated rings. The van der Waals surface area contributed by atoms with Gasteiger partial charge < -0.3 is 0 Å². The molecule has 0 unspecified atom stereocenters. The van der Waals surface area contributed by atoms with Gasteiger partial charge in [0.05, 0.1) is 15.8 Å². The van der Waals surface area contributed by atoms with Crippen LogP contribution >= 0.6 is 23.7 Å². The molecule has 3 heterocycles. The zero-order valence-corrected chi connectivity index (χ0v) is 10.1. The Bertz CT molecular complexity index is 648. The number of hydrogen-bond acceptors (Lipinski definition) is 4. The summed E-state index contributed by atoms with van der Waals surface area (Å²) in [6.07, 6.45) is 2.97. The number of thiophene rings is 1. The number of halogens is 1. The number of pyridine rings is 1. The zero-order chi connectivity index (χ0) is 11.1. The van der Waals surface area contributed by atoms with E-state index in [2.05, 4.69) is 10.3 Å². The zero-order valence-electron chi connectivity index (χ0n) is 8.47. The van der Waals surface area contributed by atoms with Crippen LogP contribution in [0, 0.1) is 0 Å². The number of fused-ring (bicyclic) bond motifs is 1. The van der Waals surface area contributed by atoms with E-state index in [1.165, 1.54) is 17.4 Å². The Kier molecular flexibility index (Phi) is 2.95. The molecular weight excluding hydrogens is 260 g/mol. The summed E-state index contributed by atoms with van der Waals surface area (Å²) in [6.45, 7) is 0. The Hall–Kier alpha value is -1.72. The third-order valence-corrected chi connectivity index (χ3v) is 3.33. The second-order valence-electron chi connectivity index (χ2n) is 3.37. The van der Waals surface area contributed by atoms with Gasteiger partial charge in [-0.2, -0.15) is 0 Å². The minimum absolute atomic E-state index is 0. The van der Waals surface area contributed by atoms with Gasteiger partial charge in [0.2, 0.25) is 0 Å². The highest BCUT2D eigenvalue weighted by molar-refractivity contribution is 7.17. The minimum atomic E-state index is -0.360. The lowest BCUT2D eigenvalue weighted by Crippen LogP contribution is -2.21. The van der Waals surface area contributed by atoms with E-state index in [0.717, 1.165) is 15.8 Å². The maximum absolute atomic E-state index is 11.5. The highest BCUT2D eigenvalue weighted by atomic mass is 35.5. The Morgan fingerprint density at radius 3 is 2.76 bits per heavy atom. The smallest absolute Gasteiger partial charge is 0.258 e. The molecule has 0 aliphatic carbocycles. The standard InChI is InChI=1S/C11H6N2O2S.ClH/c14-9-5-7(11(15)13-9)6-1-3-12-8-2-4-16-10(6)8;/h1-5H,(H,13,14,15);1H. The van der Waals surface area contributed by atoms with E-state index in [9.17, 15) is 9.59 Å². The van der Waals surface area contributed by atoms with E-state index in [0.29, 0.717) is 5.57 Å². The lowest BCUT2D eigenvalue weighted by molar-refractivity contribution is -0.123. The van der Waals surface area contributed by atoms with Gasteiger partial charge in [-0.3, -0.25) is 19.9 Å². The molecule has 86 valence electrons. The van der Waals surface area contributed by atoms with Gasteiger partial charge in [-0.1, -0.05) is 0 Å². The molecular formula is C11H7ClN2O2S. The van der Waals surface area contributed by atoms with Gasteiger partial charge in [-0.05, 0) is 17.5 Å². The third kappa shape index (κ3) is 1.83. The number of rotatable bonds is 1. The number of nitrogens with zero attached hydrogens (tertiary/aromatic N) is 1. The van der Waals surface area contributed by atoms with E-state index in [4.69, 9.17) is 0 Å². The average molecular weight is 267 g/mol. The second-order valence-corrected chi connectivity index (χ2v) is 4.29. The predicted molar refractivity (Wildman–Crippen MR) is 68.0 cm³/mol. The van der Waals surface area contributed by atoms with Gasteiger partial charge in [0, 0.05) is 17.8 Å². The van der Waals surface area contributed by atoms with Crippen molar-refractivity contribution in [3.63, 3.8) is 0 Å². The molecule has 0 saturated carbocycles. The van der Waals surface area contributed by atoms with Crippen molar-refractivity contribution in [1.82, 2.24) is 10.3 Å². The number of nitrogens with one attached hydrogen (secondary N) is 1. The third-order valence-electron chi connectivity index (χ3n) is 2.39. The summed E-state index contributed by atoms with van der Waals surface area (Å²) in [4.78, 5) is 26.8. The molecule has 2 aromatic rings. The molecule has 2 aromatic heterocycles. The summed E-state index contributed by atoms with van der Waals surface area (Å²) in [5.74, 6) is -0.701. The van der Waals surface area contributed by atoms with Crippen LogP contribution in [0.25, 0.3) is 15.8 Å². The molecule has 17 heavy (non-hydrogen) atoms. The van der Waals surface area contributed by atoms with Gasteiger partial charge in [0.15, 0.2) is 0 Å². The number of carbonyl (C=O) groups excluding carboxylic acids is 2. The molecule has 4 nitrogen and oxygen atoms in total. The maximum Gasteiger partial charge on any atom is 0.258 e. The number of amides is 2. The molecule has 0 radical (unpaired) electrons. The fraction of sp³-hybridized carbons (Fsp3) is 0. The van der Waals surface area contributed by atoms with Gasteiger partial charge in [-0.15, -0.1) is 23.7 Å². The summed E-state index contributed by atoms with van der Waals surface area (Å²) < 4.78 is 0.929. The maximum atomic E-state index is 11.5.